The normalized spacial score (nSPS) is 28.7. The van der Waals surface area contributed by atoms with Gasteiger partial charge in [0.1, 0.15) is 11.5 Å². The fourth-order valence-electron chi connectivity index (χ4n) is 6.50. The lowest BCUT2D eigenvalue weighted by Gasteiger charge is -2.20. The average Bonchev–Trinajstić information content (AvgIpc) is 3.63. The van der Waals surface area contributed by atoms with Crippen LogP contribution in [0.25, 0.3) is 0 Å². The van der Waals surface area contributed by atoms with Crippen LogP contribution in [-0.2, 0) is 19.2 Å². The Hall–Kier alpha value is -3.39. The summed E-state index contributed by atoms with van der Waals surface area (Å²) in [5.41, 5.74) is 1.00. The van der Waals surface area contributed by atoms with Gasteiger partial charge in [-0.3, -0.25) is 24.1 Å². The van der Waals surface area contributed by atoms with E-state index >= 15 is 0 Å². The van der Waals surface area contributed by atoms with E-state index in [1.165, 1.54) is 16.9 Å². The molecule has 2 saturated carbocycles. The Balaban J connectivity index is 1.13. The Labute approximate surface area is 213 Å². The quantitative estimate of drug-likeness (QED) is 0.346. The first-order valence-corrected chi connectivity index (χ1v) is 12.6. The Morgan fingerprint density at radius 2 is 1.64 bits per heavy atom. The number of anilines is 2. The molecule has 5 atom stereocenters. The van der Waals surface area contributed by atoms with Crippen LogP contribution in [0.5, 0.6) is 11.5 Å². The van der Waals surface area contributed by atoms with Crippen LogP contribution in [0.1, 0.15) is 25.7 Å². The van der Waals surface area contributed by atoms with E-state index in [4.69, 9.17) is 21.1 Å². The third-order valence-electron chi connectivity index (χ3n) is 8.13. The van der Waals surface area contributed by atoms with E-state index in [1.807, 2.05) is 0 Å². The molecule has 9 heteroatoms. The number of hydrogen-bond donors (Lipinski definition) is 0. The van der Waals surface area contributed by atoms with Crippen LogP contribution < -0.4 is 19.3 Å². The molecule has 2 aromatic carbocycles. The van der Waals surface area contributed by atoms with E-state index in [0.717, 1.165) is 19.3 Å². The smallest absolute Gasteiger partial charge is 0.316 e. The van der Waals surface area contributed by atoms with E-state index in [1.54, 1.807) is 42.5 Å². The Kier molecular flexibility index (Phi) is 5.52. The van der Waals surface area contributed by atoms with Gasteiger partial charge < -0.3 is 14.4 Å². The molecule has 2 aromatic rings. The van der Waals surface area contributed by atoms with Crippen molar-refractivity contribution >= 4 is 46.7 Å². The summed E-state index contributed by atoms with van der Waals surface area (Å²) in [6, 6.07) is 11.4. The molecule has 2 aliphatic carbocycles. The number of carbonyl (C=O) groups is 4. The van der Waals surface area contributed by atoms with Gasteiger partial charge in [-0.25, -0.2) is 0 Å². The first-order chi connectivity index (χ1) is 17.4. The van der Waals surface area contributed by atoms with Crippen molar-refractivity contribution in [2.24, 2.45) is 29.6 Å². The van der Waals surface area contributed by atoms with Crippen LogP contribution >= 0.6 is 11.6 Å². The molecular weight excluding hydrogens is 484 g/mol. The lowest BCUT2D eigenvalue weighted by Crippen LogP contribution is -2.32. The van der Waals surface area contributed by atoms with Crippen molar-refractivity contribution in [2.75, 3.05) is 23.5 Å². The average molecular weight is 509 g/mol. The van der Waals surface area contributed by atoms with E-state index in [0.29, 0.717) is 34.0 Å². The minimum Gasteiger partial charge on any atom is -0.495 e. The molecule has 3 amide bonds. The fraction of sp³-hybridized carbons (Fsp3) is 0.407. The molecule has 4 aliphatic rings. The summed E-state index contributed by atoms with van der Waals surface area (Å²) in [6.07, 6.45) is 3.05. The van der Waals surface area contributed by atoms with Crippen molar-refractivity contribution in [3.63, 3.8) is 0 Å². The van der Waals surface area contributed by atoms with Crippen molar-refractivity contribution < 1.29 is 28.7 Å². The number of rotatable bonds is 5. The number of imide groups is 1. The van der Waals surface area contributed by atoms with Gasteiger partial charge in [-0.05, 0) is 73.6 Å². The Morgan fingerprint density at radius 3 is 2.28 bits per heavy atom. The molecule has 8 nitrogen and oxygen atoms in total. The molecule has 0 aromatic heterocycles. The minimum atomic E-state index is -0.655. The van der Waals surface area contributed by atoms with Gasteiger partial charge in [-0.15, -0.1) is 0 Å². The summed E-state index contributed by atoms with van der Waals surface area (Å²) in [6.45, 7) is 0.147. The van der Waals surface area contributed by atoms with Gasteiger partial charge in [0.2, 0.25) is 17.7 Å². The maximum absolute atomic E-state index is 13.0. The predicted molar refractivity (Wildman–Crippen MR) is 131 cm³/mol. The zero-order valence-electron chi connectivity index (χ0n) is 19.7. The number of amides is 3. The monoisotopic (exact) mass is 508 g/mol. The predicted octanol–water partition coefficient (Wildman–Crippen LogP) is 3.84. The van der Waals surface area contributed by atoms with Gasteiger partial charge in [0.15, 0.2) is 0 Å². The number of halogens is 1. The Morgan fingerprint density at radius 1 is 0.972 bits per heavy atom. The third-order valence-corrected chi connectivity index (χ3v) is 8.37. The van der Waals surface area contributed by atoms with E-state index in [9.17, 15) is 19.2 Å². The lowest BCUT2D eigenvalue weighted by molar-refractivity contribution is -0.139. The van der Waals surface area contributed by atoms with Crippen LogP contribution in [0.2, 0.25) is 5.02 Å². The summed E-state index contributed by atoms with van der Waals surface area (Å²) in [4.78, 5) is 54.4. The second-order valence-corrected chi connectivity index (χ2v) is 10.5. The first kappa shape index (κ1) is 23.0. The van der Waals surface area contributed by atoms with E-state index in [2.05, 4.69) is 0 Å². The standard InChI is InChI=1S/C27H25ClN2O6/c1-35-21-9-4-17(28)12-20(21)29-13-16(11-22(29)31)27(34)36-19-7-5-18(6-8-19)30-25(32)23-14-2-3-15(10-14)24(23)26(30)33/h4-9,12,14-16,23-24H,2-3,10-11,13H2,1H3/t14-,15-,16+,23-,24+/m0/s1. The molecule has 0 spiro atoms. The molecule has 2 heterocycles. The number of nitrogens with zero attached hydrogens (tertiary/aromatic N) is 2. The number of methoxy groups -OCH3 is 1. The second-order valence-electron chi connectivity index (χ2n) is 10.0. The second kappa shape index (κ2) is 8.62. The van der Waals surface area contributed by atoms with Crippen molar-refractivity contribution in [2.45, 2.75) is 25.7 Å². The summed E-state index contributed by atoms with van der Waals surface area (Å²) < 4.78 is 10.9. The largest absolute Gasteiger partial charge is 0.495 e. The number of fused-ring (bicyclic) bond motifs is 5. The van der Waals surface area contributed by atoms with E-state index < -0.39 is 11.9 Å². The topological polar surface area (TPSA) is 93.2 Å². The Bertz CT molecular complexity index is 1250. The summed E-state index contributed by atoms with van der Waals surface area (Å²) in [7, 11) is 1.50. The summed E-state index contributed by atoms with van der Waals surface area (Å²) >= 11 is 6.10. The number of carbonyl (C=O) groups excluding carboxylic acids is 4. The first-order valence-electron chi connectivity index (χ1n) is 12.2. The maximum Gasteiger partial charge on any atom is 0.316 e. The zero-order valence-corrected chi connectivity index (χ0v) is 20.4. The zero-order chi connectivity index (χ0) is 25.1. The van der Waals surface area contributed by atoms with Crippen molar-refractivity contribution in [1.82, 2.24) is 0 Å². The number of esters is 1. The molecule has 2 saturated heterocycles. The molecule has 6 rings (SSSR count). The summed E-state index contributed by atoms with van der Waals surface area (Å²) in [5.74, 6) is -0.579. The molecule has 0 unspecified atom stereocenters. The molecule has 2 bridgehead atoms. The highest BCUT2D eigenvalue weighted by Crippen LogP contribution is 2.56. The lowest BCUT2D eigenvalue weighted by atomic mass is 9.81. The van der Waals surface area contributed by atoms with E-state index in [-0.39, 0.29) is 48.3 Å². The van der Waals surface area contributed by atoms with Crippen molar-refractivity contribution in [3.8, 4) is 11.5 Å². The molecule has 0 radical (unpaired) electrons. The molecule has 36 heavy (non-hydrogen) atoms. The number of hydrogen-bond acceptors (Lipinski definition) is 6. The number of benzene rings is 2. The highest BCUT2D eigenvalue weighted by molar-refractivity contribution is 6.31. The van der Waals surface area contributed by atoms with Crippen molar-refractivity contribution in [1.29, 1.82) is 0 Å². The molecule has 4 fully saturated rings. The van der Waals surface area contributed by atoms with Gasteiger partial charge in [0, 0.05) is 18.0 Å². The highest BCUT2D eigenvalue weighted by Gasteiger charge is 2.61. The molecule has 186 valence electrons. The highest BCUT2D eigenvalue weighted by atomic mass is 35.5. The van der Waals surface area contributed by atoms with Crippen LogP contribution in [-0.4, -0.2) is 37.3 Å². The van der Waals surface area contributed by atoms with Crippen molar-refractivity contribution in [3.05, 3.63) is 47.5 Å². The molecule has 0 N–H and O–H groups in total. The maximum atomic E-state index is 13.0. The molecular formula is C27H25ClN2O6. The summed E-state index contributed by atoms with van der Waals surface area (Å²) in [5, 5.41) is 0.455. The van der Waals surface area contributed by atoms with Gasteiger partial charge in [0.05, 0.1) is 36.2 Å². The van der Waals surface area contributed by atoms with Gasteiger partial charge in [-0.1, -0.05) is 11.6 Å². The minimum absolute atomic E-state index is 0.00841. The van der Waals surface area contributed by atoms with Crippen LogP contribution in [0.4, 0.5) is 11.4 Å². The fourth-order valence-corrected chi connectivity index (χ4v) is 6.66. The van der Waals surface area contributed by atoms with Crippen LogP contribution in [0.15, 0.2) is 42.5 Å². The van der Waals surface area contributed by atoms with Gasteiger partial charge in [0.25, 0.3) is 0 Å². The van der Waals surface area contributed by atoms with Gasteiger partial charge in [-0.2, -0.15) is 0 Å². The SMILES string of the molecule is COc1ccc(Cl)cc1N1C[C@H](C(=O)Oc2ccc(N3C(=O)[C@@H]4[C@H]5CC[C@@H](C5)[C@@H]4C3=O)cc2)CC1=O. The number of ether oxygens (including phenoxy) is 2. The van der Waals surface area contributed by atoms with Crippen LogP contribution in [0, 0.1) is 29.6 Å². The van der Waals surface area contributed by atoms with Crippen LogP contribution in [0.3, 0.4) is 0 Å². The third kappa shape index (κ3) is 3.58. The molecule has 2 aliphatic heterocycles. The van der Waals surface area contributed by atoms with Gasteiger partial charge >= 0.3 is 5.97 Å².